The quantitative estimate of drug-likeness (QED) is 0.205. The highest BCUT2D eigenvalue weighted by Gasteiger charge is 2.53. The summed E-state index contributed by atoms with van der Waals surface area (Å²) in [5.74, 6) is -1.99. The van der Waals surface area contributed by atoms with Gasteiger partial charge >= 0.3 is 5.97 Å². The van der Waals surface area contributed by atoms with E-state index in [-0.39, 0.29) is 29.9 Å². The van der Waals surface area contributed by atoms with Crippen LogP contribution in [0.3, 0.4) is 0 Å². The first-order valence-electron chi connectivity index (χ1n) is 15.6. The highest BCUT2D eigenvalue weighted by Crippen LogP contribution is 2.52. The molecule has 2 amide bonds. The van der Waals surface area contributed by atoms with Gasteiger partial charge in [0.25, 0.3) is 0 Å². The summed E-state index contributed by atoms with van der Waals surface area (Å²) in [5, 5.41) is 3.28. The third-order valence-corrected chi connectivity index (χ3v) is 11.7. The number of halogens is 2. The van der Waals surface area contributed by atoms with E-state index in [2.05, 4.69) is 5.32 Å². The Morgan fingerprint density at radius 3 is 2.15 bits per heavy atom. The monoisotopic (exact) mass is 700 g/mol. The number of nitrogens with one attached hydrogen (secondary N) is 1. The second kappa shape index (κ2) is 14.8. The first-order chi connectivity index (χ1) is 22.1. The van der Waals surface area contributed by atoms with Crippen LogP contribution in [-0.4, -0.2) is 55.3 Å². The number of nitrogens with zero attached hydrogens (tertiary/aromatic N) is 1. The van der Waals surface area contributed by atoms with Gasteiger partial charge in [-0.1, -0.05) is 68.2 Å². The lowest BCUT2D eigenvalue weighted by atomic mass is 9.66. The zero-order valence-electron chi connectivity index (χ0n) is 27.5. The third-order valence-electron chi connectivity index (χ3n) is 8.98. The number of sulfone groups is 1. The van der Waals surface area contributed by atoms with Crippen LogP contribution in [0.1, 0.15) is 80.9 Å². The number of methoxy groups -OCH3 is 1. The lowest BCUT2D eigenvalue weighted by molar-refractivity contribution is -0.157. The zero-order valence-corrected chi connectivity index (χ0v) is 29.8. The van der Waals surface area contributed by atoms with Crippen LogP contribution in [0, 0.1) is 11.3 Å². The van der Waals surface area contributed by atoms with Gasteiger partial charge in [0.2, 0.25) is 11.8 Å². The van der Waals surface area contributed by atoms with Gasteiger partial charge in [0, 0.05) is 34.1 Å². The number of hydrogen-bond donors (Lipinski definition) is 1. The topological polar surface area (TPSA) is 110 Å². The molecule has 1 aliphatic rings. The van der Waals surface area contributed by atoms with E-state index in [1.165, 1.54) is 7.11 Å². The number of piperidine rings is 1. The SMILES string of the molecule is COC(=O)c1ccc(NC(=O)CC2(C)CC(c3cccc(Cl)c3)[C@@H](c3ccc(Cl)cc3)N([C@H](CS(=O)(=O)C(C)C)C(C)C)C2=O)cc1. The molecule has 0 aromatic heterocycles. The van der Waals surface area contributed by atoms with Gasteiger partial charge in [-0.2, -0.15) is 0 Å². The van der Waals surface area contributed by atoms with E-state index in [9.17, 15) is 22.8 Å². The van der Waals surface area contributed by atoms with Gasteiger partial charge in [0.15, 0.2) is 9.84 Å². The Bertz CT molecular complexity index is 1710. The van der Waals surface area contributed by atoms with Crippen LogP contribution in [0.25, 0.3) is 0 Å². The summed E-state index contributed by atoms with van der Waals surface area (Å²) in [6, 6.07) is 19.7. The fraction of sp³-hybridized carbons (Fsp3) is 0.417. The van der Waals surface area contributed by atoms with E-state index in [0.717, 1.165) is 11.1 Å². The van der Waals surface area contributed by atoms with Crippen molar-refractivity contribution < 1.29 is 27.5 Å². The Labute approximate surface area is 287 Å². The molecule has 252 valence electrons. The van der Waals surface area contributed by atoms with E-state index < -0.39 is 44.5 Å². The number of carbonyl (C=O) groups is 3. The highest BCUT2D eigenvalue weighted by molar-refractivity contribution is 7.92. The Balaban J connectivity index is 1.83. The van der Waals surface area contributed by atoms with Crippen molar-refractivity contribution in [3.63, 3.8) is 0 Å². The van der Waals surface area contributed by atoms with Crippen LogP contribution in [0.5, 0.6) is 0 Å². The van der Waals surface area contributed by atoms with Crippen molar-refractivity contribution >= 4 is 56.5 Å². The molecule has 3 aromatic rings. The van der Waals surface area contributed by atoms with Crippen molar-refractivity contribution in [3.8, 4) is 0 Å². The Hall–Kier alpha value is -3.40. The largest absolute Gasteiger partial charge is 0.465 e. The van der Waals surface area contributed by atoms with Crippen LogP contribution in [-0.2, 0) is 24.2 Å². The fourth-order valence-corrected chi connectivity index (χ4v) is 8.03. The van der Waals surface area contributed by atoms with Crippen molar-refractivity contribution in [1.29, 1.82) is 0 Å². The molecule has 3 aromatic carbocycles. The number of benzene rings is 3. The second-order valence-electron chi connectivity index (χ2n) is 13.1. The molecule has 4 atom stereocenters. The molecular weight excluding hydrogens is 659 g/mol. The Morgan fingerprint density at radius 1 is 0.957 bits per heavy atom. The number of anilines is 1. The van der Waals surface area contributed by atoms with Gasteiger partial charge in [0.1, 0.15) is 0 Å². The lowest BCUT2D eigenvalue weighted by Gasteiger charge is -2.53. The standard InChI is InChI=1S/C36H42Cl2N2O6S/c1-22(2)31(21-47(44,45)23(3)4)40-33(24-10-14-27(37)15-11-24)30(26-8-7-9-28(38)18-26)19-36(5,35(40)43)20-32(41)39-29-16-12-25(13-17-29)34(42)46-6/h7-18,22-23,30-31,33H,19-21H2,1-6H3,(H,39,41)/t30?,31-,33-,36?/m1/s1. The number of carbonyl (C=O) groups excluding carboxylic acids is 3. The number of likely N-dealkylation sites (tertiary alicyclic amines) is 1. The summed E-state index contributed by atoms with van der Waals surface area (Å²) < 4.78 is 31.6. The van der Waals surface area contributed by atoms with Gasteiger partial charge in [-0.15, -0.1) is 0 Å². The first-order valence-corrected chi connectivity index (χ1v) is 18.1. The molecule has 0 radical (unpaired) electrons. The molecule has 11 heteroatoms. The molecule has 8 nitrogen and oxygen atoms in total. The molecule has 1 heterocycles. The van der Waals surface area contributed by atoms with Gasteiger partial charge in [-0.25, -0.2) is 13.2 Å². The van der Waals surface area contributed by atoms with Crippen LogP contribution in [0.4, 0.5) is 5.69 Å². The summed E-state index contributed by atoms with van der Waals surface area (Å²) in [7, 11) is -2.29. The number of amides is 2. The fourth-order valence-electron chi connectivity index (χ4n) is 6.30. The number of rotatable bonds is 11. The minimum atomic E-state index is -3.58. The number of ether oxygens (including phenoxy) is 1. The van der Waals surface area contributed by atoms with Gasteiger partial charge in [0.05, 0.1) is 35.1 Å². The molecule has 0 spiro atoms. The van der Waals surface area contributed by atoms with E-state index >= 15 is 0 Å². The molecule has 47 heavy (non-hydrogen) atoms. The van der Waals surface area contributed by atoms with Gasteiger partial charge in [-0.3, -0.25) is 9.59 Å². The average molecular weight is 702 g/mol. The molecule has 2 unspecified atom stereocenters. The molecular formula is C36H42Cl2N2O6S. The van der Waals surface area contributed by atoms with Crippen molar-refractivity contribution in [1.82, 2.24) is 4.90 Å². The van der Waals surface area contributed by atoms with Gasteiger partial charge in [-0.05, 0) is 85.8 Å². The maximum absolute atomic E-state index is 14.9. The molecule has 0 bridgehead atoms. The summed E-state index contributed by atoms with van der Waals surface area (Å²) in [6.07, 6.45) is 0.139. The van der Waals surface area contributed by atoms with Gasteiger partial charge < -0.3 is 15.0 Å². The zero-order chi connectivity index (χ0) is 34.7. The van der Waals surface area contributed by atoms with E-state index in [4.69, 9.17) is 27.9 Å². The van der Waals surface area contributed by atoms with Crippen LogP contribution < -0.4 is 5.32 Å². The maximum atomic E-state index is 14.9. The van der Waals surface area contributed by atoms with E-state index in [1.807, 2.05) is 44.2 Å². The van der Waals surface area contributed by atoms with E-state index in [0.29, 0.717) is 27.7 Å². The molecule has 1 N–H and O–H groups in total. The molecule has 4 rings (SSSR count). The Kier molecular flexibility index (Phi) is 11.5. The Morgan fingerprint density at radius 2 is 1.60 bits per heavy atom. The minimum Gasteiger partial charge on any atom is -0.465 e. The van der Waals surface area contributed by atoms with Crippen LogP contribution >= 0.6 is 23.2 Å². The maximum Gasteiger partial charge on any atom is 0.337 e. The third kappa shape index (κ3) is 8.37. The smallest absolute Gasteiger partial charge is 0.337 e. The van der Waals surface area contributed by atoms with E-state index in [1.54, 1.807) is 68.1 Å². The lowest BCUT2D eigenvalue weighted by Crippen LogP contribution is -2.59. The van der Waals surface area contributed by atoms with Crippen LogP contribution in [0.2, 0.25) is 10.0 Å². The first kappa shape index (κ1) is 36.4. The summed E-state index contributed by atoms with van der Waals surface area (Å²) in [6.45, 7) is 8.88. The van der Waals surface area contributed by atoms with Crippen molar-refractivity contribution in [2.45, 2.75) is 70.7 Å². The average Bonchev–Trinajstić information content (AvgIpc) is 3.01. The van der Waals surface area contributed by atoms with Crippen LogP contribution in [0.15, 0.2) is 72.8 Å². The summed E-state index contributed by atoms with van der Waals surface area (Å²) >= 11 is 12.8. The minimum absolute atomic E-state index is 0.159. The van der Waals surface area contributed by atoms with Crippen molar-refractivity contribution in [2.24, 2.45) is 11.3 Å². The normalized spacial score (nSPS) is 20.7. The second-order valence-corrected chi connectivity index (χ2v) is 16.6. The predicted molar refractivity (Wildman–Crippen MR) is 187 cm³/mol. The molecule has 1 saturated heterocycles. The van der Waals surface area contributed by atoms with Crippen molar-refractivity contribution in [2.75, 3.05) is 18.2 Å². The predicted octanol–water partition coefficient (Wildman–Crippen LogP) is 7.72. The molecule has 0 aliphatic carbocycles. The molecule has 0 saturated carbocycles. The summed E-state index contributed by atoms with van der Waals surface area (Å²) in [5.41, 5.74) is 1.26. The molecule has 1 aliphatic heterocycles. The molecule has 1 fully saturated rings. The highest BCUT2D eigenvalue weighted by atomic mass is 35.5. The number of esters is 1. The summed E-state index contributed by atoms with van der Waals surface area (Å²) in [4.78, 5) is 42.1. The number of hydrogen-bond acceptors (Lipinski definition) is 6. The van der Waals surface area contributed by atoms with Crippen molar-refractivity contribution in [3.05, 3.63) is 99.5 Å².